The molecule has 12 N–H and O–H groups in total. The van der Waals surface area contributed by atoms with Gasteiger partial charge >= 0.3 is 0 Å². The lowest BCUT2D eigenvalue weighted by atomic mass is 9.96. The minimum Gasteiger partial charge on any atom is -0.394 e. The number of amides is 1. The molecule has 3 aliphatic heterocycles. The largest absolute Gasteiger partial charge is 0.394 e. The van der Waals surface area contributed by atoms with E-state index in [1.807, 2.05) is 6.08 Å². The molecule has 3 aliphatic rings. The second-order valence-corrected chi connectivity index (χ2v) is 29.2. The van der Waals surface area contributed by atoms with Crippen molar-refractivity contribution in [2.75, 3.05) is 26.4 Å². The molecule has 598 valence electrons. The summed E-state index contributed by atoms with van der Waals surface area (Å²) in [6.07, 6.45) is 58.5. The van der Waals surface area contributed by atoms with Crippen LogP contribution in [0.1, 0.15) is 309 Å². The predicted molar refractivity (Wildman–Crippen MR) is 411 cm³/mol. The van der Waals surface area contributed by atoms with Crippen molar-refractivity contribution in [2.24, 2.45) is 0 Å². The van der Waals surface area contributed by atoms with Gasteiger partial charge in [0.15, 0.2) is 18.9 Å². The highest BCUT2D eigenvalue weighted by Gasteiger charge is 2.54. The van der Waals surface area contributed by atoms with Crippen molar-refractivity contribution in [1.82, 2.24) is 5.32 Å². The Hall–Kier alpha value is -3.03. The first-order valence-electron chi connectivity index (χ1n) is 41.3. The fourth-order valence-corrected chi connectivity index (χ4v) is 13.6. The quantitative estimate of drug-likeness (QED) is 0.0199. The SMILES string of the molecule is CC/C=C\C/C=C\C/C=C\C/C=C\C/C=C\C/C=C\CCCCCCCCCCCCCCCCC(=O)NC(COC1OC(CO)C(OC2OC(CO)C(OC3OC(CO)C(O)C(O)C3O)C(O)C2O)C(O)C1O)C(O)/C=C/CCCCCCCCCCCCCCCCCCCCCCCCC. The molecular formula is C84H149NO18. The van der Waals surface area contributed by atoms with Gasteiger partial charge in [0.05, 0.1) is 38.6 Å². The number of hydrogen-bond acceptors (Lipinski definition) is 18. The Morgan fingerprint density at radius 3 is 1.05 bits per heavy atom. The molecule has 0 bridgehead atoms. The second kappa shape index (κ2) is 63.9. The minimum atomic E-state index is -1.98. The number of aliphatic hydroxyl groups excluding tert-OH is 11. The summed E-state index contributed by atoms with van der Waals surface area (Å²) in [6, 6.07) is -0.979. The number of nitrogens with one attached hydrogen (secondary N) is 1. The number of carbonyl (C=O) groups excluding carboxylic acids is 1. The van der Waals surface area contributed by atoms with Crippen LogP contribution in [-0.2, 0) is 33.2 Å². The average Bonchev–Trinajstić information content (AvgIpc) is 0.781. The van der Waals surface area contributed by atoms with E-state index < -0.39 is 124 Å². The monoisotopic (exact) mass is 1460 g/mol. The van der Waals surface area contributed by atoms with Gasteiger partial charge in [-0.1, -0.05) is 317 Å². The number of allylic oxidation sites excluding steroid dienone is 13. The Labute approximate surface area is 622 Å². The van der Waals surface area contributed by atoms with Crippen molar-refractivity contribution in [3.63, 3.8) is 0 Å². The summed E-state index contributed by atoms with van der Waals surface area (Å²) in [7, 11) is 0. The fourth-order valence-electron chi connectivity index (χ4n) is 13.6. The number of unbranched alkanes of at least 4 members (excludes halogenated alkanes) is 37. The van der Waals surface area contributed by atoms with Gasteiger partial charge in [0.25, 0.3) is 0 Å². The molecule has 0 saturated carbocycles. The van der Waals surface area contributed by atoms with Crippen molar-refractivity contribution >= 4 is 5.91 Å². The van der Waals surface area contributed by atoms with Gasteiger partial charge in [-0.25, -0.2) is 0 Å². The fraction of sp³-hybridized carbons (Fsp3) is 0.821. The van der Waals surface area contributed by atoms with Crippen LogP contribution in [0.4, 0.5) is 0 Å². The van der Waals surface area contributed by atoms with Crippen LogP contribution < -0.4 is 5.32 Å². The van der Waals surface area contributed by atoms with Crippen LogP contribution in [0.3, 0.4) is 0 Å². The van der Waals surface area contributed by atoms with Gasteiger partial charge < -0.3 is 89.9 Å². The molecule has 0 aromatic carbocycles. The van der Waals surface area contributed by atoms with Crippen LogP contribution in [0.25, 0.3) is 0 Å². The Kier molecular flexibility index (Phi) is 58.4. The highest BCUT2D eigenvalue weighted by molar-refractivity contribution is 5.76. The predicted octanol–water partition coefficient (Wildman–Crippen LogP) is 14.2. The maximum atomic E-state index is 13.5. The molecule has 103 heavy (non-hydrogen) atoms. The van der Waals surface area contributed by atoms with Crippen molar-refractivity contribution in [3.8, 4) is 0 Å². The van der Waals surface area contributed by atoms with Gasteiger partial charge in [0, 0.05) is 6.42 Å². The summed E-state index contributed by atoms with van der Waals surface area (Å²) in [6.45, 7) is 1.66. The molecule has 3 fully saturated rings. The number of aliphatic hydroxyl groups is 11. The minimum absolute atomic E-state index is 0.239. The van der Waals surface area contributed by atoms with Gasteiger partial charge in [-0.05, 0) is 70.6 Å². The van der Waals surface area contributed by atoms with E-state index in [-0.39, 0.29) is 18.9 Å². The first-order chi connectivity index (χ1) is 50.3. The topological polar surface area (TPSA) is 307 Å². The van der Waals surface area contributed by atoms with E-state index in [1.54, 1.807) is 6.08 Å². The summed E-state index contributed by atoms with van der Waals surface area (Å²) >= 11 is 0. The van der Waals surface area contributed by atoms with E-state index in [9.17, 15) is 61.0 Å². The van der Waals surface area contributed by atoms with E-state index in [4.69, 9.17) is 28.4 Å². The molecule has 3 saturated heterocycles. The first kappa shape index (κ1) is 94.2. The molecule has 19 nitrogen and oxygen atoms in total. The smallest absolute Gasteiger partial charge is 0.220 e. The molecule has 3 rings (SSSR count). The van der Waals surface area contributed by atoms with E-state index in [0.717, 1.165) is 89.9 Å². The Balaban J connectivity index is 1.36. The normalized spacial score (nSPS) is 26.5. The molecule has 19 heteroatoms. The third kappa shape index (κ3) is 43.7. The number of carbonyl (C=O) groups is 1. The molecule has 17 atom stereocenters. The molecule has 3 heterocycles. The average molecular weight is 1460 g/mol. The summed E-state index contributed by atoms with van der Waals surface area (Å²) in [4.78, 5) is 13.5. The van der Waals surface area contributed by atoms with Gasteiger partial charge in [-0.2, -0.15) is 0 Å². The lowest BCUT2D eigenvalue weighted by Crippen LogP contribution is -2.66. The van der Waals surface area contributed by atoms with Crippen LogP contribution in [-0.4, -0.2) is 193 Å². The van der Waals surface area contributed by atoms with Gasteiger partial charge in [-0.15, -0.1) is 0 Å². The summed E-state index contributed by atoms with van der Waals surface area (Å²) in [5.74, 6) is -0.275. The number of hydrogen-bond donors (Lipinski definition) is 12. The molecule has 0 spiro atoms. The van der Waals surface area contributed by atoms with Crippen LogP contribution in [0.5, 0.6) is 0 Å². The highest BCUT2D eigenvalue weighted by Crippen LogP contribution is 2.33. The Morgan fingerprint density at radius 2 is 0.670 bits per heavy atom. The number of rotatable bonds is 65. The number of ether oxygens (including phenoxy) is 6. The third-order valence-electron chi connectivity index (χ3n) is 20.2. The highest BCUT2D eigenvalue weighted by atomic mass is 16.8. The molecule has 0 radical (unpaired) electrons. The molecular weight excluding hydrogens is 1310 g/mol. The zero-order chi connectivity index (χ0) is 74.6. The van der Waals surface area contributed by atoms with Crippen LogP contribution in [0.2, 0.25) is 0 Å². The van der Waals surface area contributed by atoms with Crippen LogP contribution >= 0.6 is 0 Å². The molecule has 1 amide bonds. The van der Waals surface area contributed by atoms with E-state index >= 15 is 0 Å². The first-order valence-corrected chi connectivity index (χ1v) is 41.3. The Morgan fingerprint density at radius 1 is 0.359 bits per heavy atom. The zero-order valence-electron chi connectivity index (χ0n) is 64.0. The molecule has 0 aliphatic carbocycles. The standard InChI is InChI=1S/C84H149NO18/c1-3-5-7-9-11-13-15-17-19-21-23-25-27-29-30-31-32-33-34-35-36-38-40-42-44-46-48-50-52-54-56-58-60-62-72(90)85-67(68(89)61-59-57-55-53-51-49-47-45-43-41-39-37-28-26-24-22-20-18-16-14-12-10-8-6-4-2)66-98-82-78(96)75(93)80(70(64-87)100-82)103-84-79(97)76(94)81(71(65-88)101-84)102-83-77(95)74(92)73(91)69(63-86)99-83/h5,7,11,13,17,19,23,25,29-30,32-33,59,61,67-71,73-84,86-89,91-97H,3-4,6,8-10,12,14-16,18,20-22,24,26-28,31,34-58,60,62-66H2,1-2H3,(H,85,90)/b7-5-,13-11-,19-17-,25-23-,30-29-,33-32-,61-59+. The molecule has 0 aromatic heterocycles. The summed E-state index contributed by atoms with van der Waals surface area (Å²) in [5.41, 5.74) is 0. The van der Waals surface area contributed by atoms with Gasteiger partial charge in [0.2, 0.25) is 5.91 Å². The summed E-state index contributed by atoms with van der Waals surface area (Å²) < 4.78 is 34.5. The molecule has 0 aromatic rings. The maximum Gasteiger partial charge on any atom is 0.220 e. The molecule has 17 unspecified atom stereocenters. The van der Waals surface area contributed by atoms with E-state index in [1.165, 1.54) is 193 Å². The third-order valence-corrected chi connectivity index (χ3v) is 20.2. The lowest BCUT2D eigenvalue weighted by molar-refractivity contribution is -0.379. The zero-order valence-corrected chi connectivity index (χ0v) is 64.0. The van der Waals surface area contributed by atoms with E-state index in [2.05, 4.69) is 92.1 Å². The van der Waals surface area contributed by atoms with Crippen LogP contribution in [0.15, 0.2) is 85.1 Å². The van der Waals surface area contributed by atoms with Crippen molar-refractivity contribution < 1.29 is 89.4 Å². The van der Waals surface area contributed by atoms with Crippen molar-refractivity contribution in [3.05, 3.63) is 85.1 Å². The van der Waals surface area contributed by atoms with Gasteiger partial charge in [-0.3, -0.25) is 4.79 Å². The van der Waals surface area contributed by atoms with Gasteiger partial charge in [0.1, 0.15) is 73.2 Å². The van der Waals surface area contributed by atoms with E-state index in [0.29, 0.717) is 6.42 Å². The summed E-state index contributed by atoms with van der Waals surface area (Å²) in [5, 5.41) is 121. The van der Waals surface area contributed by atoms with Crippen molar-refractivity contribution in [2.45, 2.75) is 413 Å². The van der Waals surface area contributed by atoms with Crippen molar-refractivity contribution in [1.29, 1.82) is 0 Å². The Bertz CT molecular complexity index is 2190. The lowest BCUT2D eigenvalue weighted by Gasteiger charge is -2.48. The maximum absolute atomic E-state index is 13.5. The van der Waals surface area contributed by atoms with Crippen LogP contribution in [0, 0.1) is 0 Å². The second-order valence-electron chi connectivity index (χ2n) is 29.2.